The molecular weight excluding hydrogens is 141 g/mol. The van der Waals surface area contributed by atoms with E-state index in [1.165, 1.54) is 6.33 Å². The van der Waals surface area contributed by atoms with Crippen molar-refractivity contribution in [2.45, 2.75) is 6.92 Å². The second-order valence-electron chi connectivity index (χ2n) is 2.28. The van der Waals surface area contributed by atoms with Crippen LogP contribution in [0.3, 0.4) is 0 Å². The van der Waals surface area contributed by atoms with E-state index in [9.17, 15) is 0 Å². The van der Waals surface area contributed by atoms with E-state index in [0.717, 1.165) is 5.82 Å². The number of H-pyrrole nitrogens is 1. The highest BCUT2D eigenvalue weighted by atomic mass is 15.0. The molecule has 0 unspecified atom stereocenters. The van der Waals surface area contributed by atoms with Gasteiger partial charge in [0.1, 0.15) is 17.7 Å². The number of rotatable bonds is 0. The number of nitrogens with two attached hydrogens (primary N) is 1. The number of hydrogen-bond acceptors (Lipinski definition) is 4. The van der Waals surface area contributed by atoms with E-state index in [0.29, 0.717) is 17.0 Å². The predicted octanol–water partition coefficient (Wildman–Crippen LogP) is 0.244. The van der Waals surface area contributed by atoms with Crippen LogP contribution in [0.4, 0.5) is 5.82 Å². The number of fused-ring (bicyclic) bond motifs is 1. The summed E-state index contributed by atoms with van der Waals surface area (Å²) >= 11 is 0. The molecule has 0 saturated heterocycles. The van der Waals surface area contributed by atoms with Gasteiger partial charge in [0, 0.05) is 0 Å². The van der Waals surface area contributed by atoms with Crippen LogP contribution in [0.2, 0.25) is 0 Å². The third-order valence-electron chi connectivity index (χ3n) is 1.44. The van der Waals surface area contributed by atoms with Crippen LogP contribution in [0.1, 0.15) is 5.82 Å². The molecule has 2 aromatic rings. The van der Waals surface area contributed by atoms with Crippen LogP contribution in [0.5, 0.6) is 0 Å². The fourth-order valence-electron chi connectivity index (χ4n) is 0.962. The summed E-state index contributed by atoms with van der Waals surface area (Å²) in [7, 11) is 0. The average Bonchev–Trinajstić information content (AvgIpc) is 2.31. The van der Waals surface area contributed by atoms with Gasteiger partial charge >= 0.3 is 0 Å². The molecule has 2 aromatic heterocycles. The molecule has 0 radical (unpaired) electrons. The first-order valence-electron chi connectivity index (χ1n) is 3.20. The van der Waals surface area contributed by atoms with Crippen LogP contribution in [0, 0.1) is 6.92 Å². The lowest BCUT2D eigenvalue weighted by Gasteiger charge is -1.89. The Balaban J connectivity index is 2.90. The van der Waals surface area contributed by atoms with Gasteiger partial charge < -0.3 is 10.7 Å². The SMILES string of the molecule is [11CH3]c1nc2ncnc(N)c2[nH]1. The zero-order valence-corrected chi connectivity index (χ0v) is 6.00. The lowest BCUT2D eigenvalue weighted by Crippen LogP contribution is -1.91. The maximum atomic E-state index is 5.55. The standard InChI is InChI=1S/C6H7N5/c1-3-10-4-5(7)8-2-9-6(4)11-3/h2H,1H3,(H3,7,8,9,10,11)/i1-1. The molecule has 0 bridgehead atoms. The Morgan fingerprint density at radius 2 is 2.27 bits per heavy atom. The number of nitrogens with one attached hydrogen (secondary N) is 1. The Morgan fingerprint density at radius 1 is 1.45 bits per heavy atom. The van der Waals surface area contributed by atoms with Gasteiger partial charge in [-0.05, 0) is 6.92 Å². The Morgan fingerprint density at radius 3 is 3.00 bits per heavy atom. The summed E-state index contributed by atoms with van der Waals surface area (Å²) in [6.45, 7) is 1.85. The number of aromatic amines is 1. The van der Waals surface area contributed by atoms with Crippen LogP contribution < -0.4 is 5.73 Å². The van der Waals surface area contributed by atoms with Crippen molar-refractivity contribution >= 4 is 17.0 Å². The minimum absolute atomic E-state index is 0.440. The monoisotopic (exact) mass is 148 g/mol. The topological polar surface area (TPSA) is 80.5 Å². The number of aryl methyl sites for hydroxylation is 1. The van der Waals surface area contributed by atoms with Crippen molar-refractivity contribution in [2.75, 3.05) is 5.73 Å². The summed E-state index contributed by atoms with van der Waals surface area (Å²) in [4.78, 5) is 14.8. The fourth-order valence-corrected chi connectivity index (χ4v) is 0.962. The highest BCUT2D eigenvalue weighted by molar-refractivity contribution is 5.80. The molecule has 0 saturated carbocycles. The third-order valence-corrected chi connectivity index (χ3v) is 1.44. The van der Waals surface area contributed by atoms with E-state index in [4.69, 9.17) is 5.73 Å². The van der Waals surface area contributed by atoms with Crippen LogP contribution in [-0.2, 0) is 0 Å². The molecule has 11 heavy (non-hydrogen) atoms. The molecular formula is C6H7N5. The molecule has 0 spiro atoms. The molecule has 2 heterocycles. The van der Waals surface area contributed by atoms with Gasteiger partial charge in [-0.1, -0.05) is 0 Å². The van der Waals surface area contributed by atoms with Gasteiger partial charge in [0.05, 0.1) is 0 Å². The summed E-state index contributed by atoms with van der Waals surface area (Å²) in [5.74, 6) is 1.24. The highest BCUT2D eigenvalue weighted by Gasteiger charge is 2.02. The highest BCUT2D eigenvalue weighted by Crippen LogP contribution is 2.11. The quantitative estimate of drug-likeness (QED) is 0.561. The lowest BCUT2D eigenvalue weighted by molar-refractivity contribution is 1.16. The molecule has 5 nitrogen and oxygen atoms in total. The van der Waals surface area contributed by atoms with E-state index in [1.54, 1.807) is 0 Å². The maximum absolute atomic E-state index is 5.55. The first-order valence-corrected chi connectivity index (χ1v) is 3.20. The third kappa shape index (κ3) is 0.813. The van der Waals surface area contributed by atoms with Gasteiger partial charge in [-0.15, -0.1) is 0 Å². The molecule has 5 heteroatoms. The largest absolute Gasteiger partial charge is 0.382 e. The first kappa shape index (κ1) is 6.09. The van der Waals surface area contributed by atoms with Crippen molar-refractivity contribution in [3.8, 4) is 0 Å². The smallest absolute Gasteiger partial charge is 0.183 e. The van der Waals surface area contributed by atoms with Gasteiger partial charge in [-0.3, -0.25) is 0 Å². The van der Waals surface area contributed by atoms with Gasteiger partial charge in [-0.25, -0.2) is 15.0 Å². The number of hydrogen-bond donors (Lipinski definition) is 2. The minimum Gasteiger partial charge on any atom is -0.382 e. The fraction of sp³-hybridized carbons (Fsp3) is 0.167. The van der Waals surface area contributed by atoms with Crippen molar-refractivity contribution in [2.24, 2.45) is 0 Å². The summed E-state index contributed by atoms with van der Waals surface area (Å²) in [5, 5.41) is 0. The summed E-state index contributed by atoms with van der Waals surface area (Å²) in [6, 6.07) is 0. The normalized spacial score (nSPS) is 10.6. The zero-order chi connectivity index (χ0) is 7.84. The van der Waals surface area contributed by atoms with Crippen molar-refractivity contribution in [3.05, 3.63) is 12.2 Å². The maximum Gasteiger partial charge on any atom is 0.183 e. The Labute approximate surface area is 62.7 Å². The number of imidazole rings is 1. The Bertz CT molecular complexity index is 391. The average molecular weight is 148 g/mol. The number of nitrogens with zero attached hydrogens (tertiary/aromatic N) is 3. The first-order chi connectivity index (χ1) is 5.27. The molecule has 0 amide bonds. The summed E-state index contributed by atoms with van der Waals surface area (Å²) in [6.07, 6.45) is 1.40. The molecule has 0 atom stereocenters. The van der Waals surface area contributed by atoms with Gasteiger partial charge in [-0.2, -0.15) is 0 Å². The zero-order valence-electron chi connectivity index (χ0n) is 6.00. The van der Waals surface area contributed by atoms with E-state index in [2.05, 4.69) is 19.9 Å². The molecule has 2 rings (SSSR count). The molecule has 3 N–H and O–H groups in total. The second kappa shape index (κ2) is 1.91. The Kier molecular flexibility index (Phi) is 1.06. The summed E-state index contributed by atoms with van der Waals surface area (Å²) < 4.78 is 0. The van der Waals surface area contributed by atoms with Crippen LogP contribution >= 0.6 is 0 Å². The van der Waals surface area contributed by atoms with Crippen molar-refractivity contribution in [3.63, 3.8) is 0 Å². The van der Waals surface area contributed by atoms with Gasteiger partial charge in [0.15, 0.2) is 11.5 Å². The number of nitrogen functional groups attached to an aromatic ring is 1. The van der Waals surface area contributed by atoms with E-state index >= 15 is 0 Å². The van der Waals surface area contributed by atoms with E-state index < -0.39 is 0 Å². The van der Waals surface area contributed by atoms with Crippen molar-refractivity contribution in [1.29, 1.82) is 0 Å². The molecule has 0 fully saturated rings. The number of aromatic nitrogens is 4. The van der Waals surface area contributed by atoms with Crippen LogP contribution in [-0.4, -0.2) is 19.9 Å². The molecule has 0 aliphatic heterocycles. The van der Waals surface area contributed by atoms with Crippen LogP contribution in [0.25, 0.3) is 11.2 Å². The Hall–Kier alpha value is -1.65. The number of anilines is 1. The van der Waals surface area contributed by atoms with Crippen molar-refractivity contribution in [1.82, 2.24) is 19.9 Å². The molecule has 0 aromatic carbocycles. The van der Waals surface area contributed by atoms with Gasteiger partial charge in [0.25, 0.3) is 0 Å². The lowest BCUT2D eigenvalue weighted by atomic mass is 10.3. The van der Waals surface area contributed by atoms with Crippen molar-refractivity contribution < 1.29 is 0 Å². The molecule has 56 valence electrons. The predicted molar refractivity (Wildman–Crippen MR) is 40.8 cm³/mol. The van der Waals surface area contributed by atoms with Crippen LogP contribution in [0.15, 0.2) is 6.33 Å². The van der Waals surface area contributed by atoms with E-state index in [1.807, 2.05) is 6.92 Å². The minimum atomic E-state index is 0.440. The second-order valence-corrected chi connectivity index (χ2v) is 2.28. The van der Waals surface area contributed by atoms with Gasteiger partial charge in [0.2, 0.25) is 0 Å². The molecule has 0 aliphatic rings. The van der Waals surface area contributed by atoms with E-state index in [-0.39, 0.29) is 0 Å². The summed E-state index contributed by atoms with van der Waals surface area (Å²) in [5.41, 5.74) is 6.88. The molecule has 0 aliphatic carbocycles.